The van der Waals surface area contributed by atoms with Gasteiger partial charge in [-0.25, -0.2) is 0 Å². The highest BCUT2D eigenvalue weighted by atomic mass is 32.1. The molecule has 0 saturated carbocycles. The molecule has 90 valence electrons. The lowest BCUT2D eigenvalue weighted by Crippen LogP contribution is -1.91. The molecular formula is C13H11N3OS. The van der Waals surface area contributed by atoms with Gasteiger partial charge >= 0.3 is 0 Å². The van der Waals surface area contributed by atoms with Crippen LogP contribution in [0.5, 0.6) is 11.5 Å². The third kappa shape index (κ3) is 1.84. The number of para-hydroxylation sites is 2. The van der Waals surface area contributed by atoms with Crippen molar-refractivity contribution >= 4 is 33.1 Å². The maximum absolute atomic E-state index is 5.83. The van der Waals surface area contributed by atoms with Gasteiger partial charge in [-0.2, -0.15) is 4.37 Å². The van der Waals surface area contributed by atoms with Crippen LogP contribution in [-0.2, 0) is 0 Å². The van der Waals surface area contributed by atoms with E-state index in [1.54, 1.807) is 6.07 Å². The van der Waals surface area contributed by atoms with Gasteiger partial charge in [-0.15, -0.1) is 0 Å². The molecule has 0 spiro atoms. The quantitative estimate of drug-likeness (QED) is 0.691. The summed E-state index contributed by atoms with van der Waals surface area (Å²) >= 11 is 1.38. The van der Waals surface area contributed by atoms with Crippen LogP contribution >= 0.6 is 11.5 Å². The second-order valence-electron chi connectivity index (χ2n) is 3.87. The SMILES string of the molecule is Nc1ccccc1Oc1ccc2snc(N)c2c1. The molecule has 5 heteroatoms. The lowest BCUT2D eigenvalue weighted by atomic mass is 10.2. The van der Waals surface area contributed by atoms with Crippen LogP contribution in [0, 0.1) is 0 Å². The van der Waals surface area contributed by atoms with Gasteiger partial charge in [0, 0.05) is 5.39 Å². The monoisotopic (exact) mass is 257 g/mol. The van der Waals surface area contributed by atoms with E-state index in [9.17, 15) is 0 Å². The fourth-order valence-corrected chi connectivity index (χ4v) is 2.39. The number of benzene rings is 2. The van der Waals surface area contributed by atoms with Crippen molar-refractivity contribution in [2.75, 3.05) is 11.5 Å². The lowest BCUT2D eigenvalue weighted by Gasteiger charge is -2.07. The van der Waals surface area contributed by atoms with E-state index in [0.29, 0.717) is 23.0 Å². The highest BCUT2D eigenvalue weighted by Gasteiger charge is 2.06. The number of rotatable bonds is 2. The summed E-state index contributed by atoms with van der Waals surface area (Å²) in [5.74, 6) is 1.87. The molecule has 0 bridgehead atoms. The standard InChI is InChI=1S/C13H11N3OS/c14-10-3-1-2-4-11(10)17-8-5-6-12-9(7-8)13(15)16-18-12/h1-7H,14H2,(H2,15,16). The summed E-state index contributed by atoms with van der Waals surface area (Å²) in [4.78, 5) is 0. The summed E-state index contributed by atoms with van der Waals surface area (Å²) in [6.07, 6.45) is 0. The number of hydrogen-bond donors (Lipinski definition) is 2. The van der Waals surface area contributed by atoms with Crippen LogP contribution in [0.3, 0.4) is 0 Å². The maximum atomic E-state index is 5.83. The van der Waals surface area contributed by atoms with Gasteiger partial charge in [-0.3, -0.25) is 0 Å². The zero-order valence-electron chi connectivity index (χ0n) is 9.46. The molecule has 1 heterocycles. The highest BCUT2D eigenvalue weighted by Crippen LogP contribution is 2.32. The number of fused-ring (bicyclic) bond motifs is 1. The molecule has 0 aliphatic rings. The second kappa shape index (κ2) is 4.19. The van der Waals surface area contributed by atoms with Crippen molar-refractivity contribution < 1.29 is 4.74 Å². The number of anilines is 2. The van der Waals surface area contributed by atoms with Crippen molar-refractivity contribution in [2.24, 2.45) is 0 Å². The fraction of sp³-hybridized carbons (Fsp3) is 0. The Kier molecular flexibility index (Phi) is 2.53. The molecule has 0 aliphatic heterocycles. The van der Waals surface area contributed by atoms with Crippen LogP contribution in [0.4, 0.5) is 11.5 Å². The summed E-state index contributed by atoms with van der Waals surface area (Å²) in [6.45, 7) is 0. The van der Waals surface area contributed by atoms with E-state index in [0.717, 1.165) is 10.1 Å². The highest BCUT2D eigenvalue weighted by molar-refractivity contribution is 7.13. The topological polar surface area (TPSA) is 74.2 Å². The van der Waals surface area contributed by atoms with E-state index in [1.807, 2.05) is 36.4 Å². The minimum absolute atomic E-state index is 0.529. The van der Waals surface area contributed by atoms with Crippen LogP contribution < -0.4 is 16.2 Å². The number of nitrogens with zero attached hydrogens (tertiary/aromatic N) is 1. The van der Waals surface area contributed by atoms with Crippen LogP contribution in [0.2, 0.25) is 0 Å². The van der Waals surface area contributed by atoms with E-state index >= 15 is 0 Å². The molecule has 0 amide bonds. The first-order chi connectivity index (χ1) is 8.74. The number of hydrogen-bond acceptors (Lipinski definition) is 5. The second-order valence-corrected chi connectivity index (χ2v) is 4.67. The van der Waals surface area contributed by atoms with Crippen molar-refractivity contribution in [3.63, 3.8) is 0 Å². The Labute approximate surface area is 108 Å². The van der Waals surface area contributed by atoms with Crippen molar-refractivity contribution in [3.8, 4) is 11.5 Å². The van der Waals surface area contributed by atoms with E-state index in [4.69, 9.17) is 16.2 Å². The van der Waals surface area contributed by atoms with Crippen molar-refractivity contribution in [3.05, 3.63) is 42.5 Å². The van der Waals surface area contributed by atoms with Gasteiger partial charge in [-0.05, 0) is 41.9 Å². The first-order valence-electron chi connectivity index (χ1n) is 5.41. The number of nitrogen functional groups attached to an aromatic ring is 2. The average molecular weight is 257 g/mol. The Bertz CT molecular complexity index is 708. The van der Waals surface area contributed by atoms with E-state index in [-0.39, 0.29) is 0 Å². The first kappa shape index (κ1) is 10.9. The molecule has 1 aromatic heterocycles. The Morgan fingerprint density at radius 1 is 1.06 bits per heavy atom. The zero-order chi connectivity index (χ0) is 12.5. The molecule has 18 heavy (non-hydrogen) atoms. The minimum Gasteiger partial charge on any atom is -0.455 e. The summed E-state index contributed by atoms with van der Waals surface area (Å²) in [5.41, 5.74) is 12.2. The molecular weight excluding hydrogens is 246 g/mol. The fourth-order valence-electron chi connectivity index (χ4n) is 1.70. The molecule has 0 radical (unpaired) electrons. The third-order valence-electron chi connectivity index (χ3n) is 2.62. The van der Waals surface area contributed by atoms with Gasteiger partial charge in [0.2, 0.25) is 0 Å². The molecule has 3 rings (SSSR count). The Morgan fingerprint density at radius 3 is 2.72 bits per heavy atom. The summed E-state index contributed by atoms with van der Waals surface area (Å²) in [5, 5.41) is 0.909. The molecule has 0 atom stereocenters. The molecule has 0 aliphatic carbocycles. The van der Waals surface area contributed by atoms with Crippen LogP contribution in [0.25, 0.3) is 10.1 Å². The smallest absolute Gasteiger partial charge is 0.150 e. The van der Waals surface area contributed by atoms with Gasteiger partial charge in [-0.1, -0.05) is 12.1 Å². The molecule has 4 nitrogen and oxygen atoms in total. The summed E-state index contributed by atoms with van der Waals surface area (Å²) < 4.78 is 10.9. The molecule has 3 aromatic rings. The molecule has 4 N–H and O–H groups in total. The van der Waals surface area contributed by atoms with Crippen LogP contribution in [-0.4, -0.2) is 4.37 Å². The Hall–Kier alpha value is -2.27. The minimum atomic E-state index is 0.529. The van der Waals surface area contributed by atoms with E-state index in [1.165, 1.54) is 11.5 Å². The summed E-state index contributed by atoms with van der Waals surface area (Å²) in [7, 11) is 0. The number of aromatic nitrogens is 1. The van der Waals surface area contributed by atoms with Crippen molar-refractivity contribution in [2.45, 2.75) is 0 Å². The van der Waals surface area contributed by atoms with E-state index < -0.39 is 0 Å². The molecule has 0 unspecified atom stereocenters. The average Bonchev–Trinajstić information content (AvgIpc) is 2.74. The molecule has 0 fully saturated rings. The van der Waals surface area contributed by atoms with Gasteiger partial charge in [0.15, 0.2) is 0 Å². The van der Waals surface area contributed by atoms with Gasteiger partial charge in [0.25, 0.3) is 0 Å². The van der Waals surface area contributed by atoms with Gasteiger partial charge in [0.1, 0.15) is 17.3 Å². The number of nitrogens with two attached hydrogens (primary N) is 2. The van der Waals surface area contributed by atoms with Crippen LogP contribution in [0.15, 0.2) is 42.5 Å². The third-order valence-corrected chi connectivity index (χ3v) is 3.46. The Balaban J connectivity index is 2.00. The van der Waals surface area contributed by atoms with Gasteiger partial charge < -0.3 is 16.2 Å². The summed E-state index contributed by atoms with van der Waals surface area (Å²) in [6, 6.07) is 13.1. The van der Waals surface area contributed by atoms with Crippen molar-refractivity contribution in [1.82, 2.24) is 4.37 Å². The maximum Gasteiger partial charge on any atom is 0.150 e. The molecule has 2 aromatic carbocycles. The van der Waals surface area contributed by atoms with Gasteiger partial charge in [0.05, 0.1) is 10.4 Å². The van der Waals surface area contributed by atoms with Crippen LogP contribution in [0.1, 0.15) is 0 Å². The number of ether oxygens (including phenoxy) is 1. The normalized spacial score (nSPS) is 10.7. The first-order valence-corrected chi connectivity index (χ1v) is 6.18. The zero-order valence-corrected chi connectivity index (χ0v) is 10.3. The lowest BCUT2D eigenvalue weighted by molar-refractivity contribution is 0.486. The predicted octanol–water partition coefficient (Wildman–Crippen LogP) is 3.25. The van der Waals surface area contributed by atoms with E-state index in [2.05, 4.69) is 4.37 Å². The largest absolute Gasteiger partial charge is 0.455 e. The predicted molar refractivity (Wildman–Crippen MR) is 75.0 cm³/mol. The molecule has 0 saturated heterocycles. The Morgan fingerprint density at radius 2 is 1.89 bits per heavy atom. The van der Waals surface area contributed by atoms with Crippen molar-refractivity contribution in [1.29, 1.82) is 0 Å².